The van der Waals surface area contributed by atoms with Crippen LogP contribution in [0.1, 0.15) is 38.3 Å². The standard InChI is InChI=1S/C10H19N3O/c1-3-4-5-6-10(14)7-9-8-13(2)12-11-9/h8,10,14H,3-7H2,1-2H3. The van der Waals surface area contributed by atoms with Gasteiger partial charge in [0.1, 0.15) is 0 Å². The predicted molar refractivity (Wildman–Crippen MR) is 54.9 cm³/mol. The van der Waals surface area contributed by atoms with Crippen LogP contribution >= 0.6 is 0 Å². The molecule has 1 N–H and O–H groups in total. The summed E-state index contributed by atoms with van der Waals surface area (Å²) < 4.78 is 1.66. The van der Waals surface area contributed by atoms with Crippen molar-refractivity contribution in [2.24, 2.45) is 7.05 Å². The molecule has 1 heterocycles. The summed E-state index contributed by atoms with van der Waals surface area (Å²) in [5, 5.41) is 17.4. The molecule has 0 saturated carbocycles. The second-order valence-corrected chi connectivity index (χ2v) is 3.74. The highest BCUT2D eigenvalue weighted by molar-refractivity contribution is 4.93. The van der Waals surface area contributed by atoms with Crippen LogP contribution in [0.15, 0.2) is 6.20 Å². The molecule has 0 saturated heterocycles. The van der Waals surface area contributed by atoms with Gasteiger partial charge in [0.25, 0.3) is 0 Å². The Morgan fingerprint density at radius 1 is 1.50 bits per heavy atom. The van der Waals surface area contributed by atoms with Crippen LogP contribution in [-0.2, 0) is 13.5 Å². The van der Waals surface area contributed by atoms with E-state index in [9.17, 15) is 5.11 Å². The van der Waals surface area contributed by atoms with Gasteiger partial charge in [0.05, 0.1) is 11.8 Å². The van der Waals surface area contributed by atoms with Gasteiger partial charge in [-0.2, -0.15) is 0 Å². The van der Waals surface area contributed by atoms with Crippen LogP contribution in [0.25, 0.3) is 0 Å². The van der Waals surface area contributed by atoms with Crippen LogP contribution in [0.4, 0.5) is 0 Å². The largest absolute Gasteiger partial charge is 0.393 e. The molecule has 1 atom stereocenters. The maximum absolute atomic E-state index is 9.66. The highest BCUT2D eigenvalue weighted by atomic mass is 16.3. The molecule has 4 heteroatoms. The second-order valence-electron chi connectivity index (χ2n) is 3.74. The van der Waals surface area contributed by atoms with Gasteiger partial charge in [-0.05, 0) is 6.42 Å². The number of hydrogen-bond acceptors (Lipinski definition) is 3. The Kier molecular flexibility index (Phi) is 4.59. The third-order valence-corrected chi connectivity index (χ3v) is 2.24. The number of unbranched alkanes of at least 4 members (excludes halogenated alkanes) is 2. The van der Waals surface area contributed by atoms with Crippen molar-refractivity contribution < 1.29 is 5.11 Å². The van der Waals surface area contributed by atoms with Crippen molar-refractivity contribution in [1.82, 2.24) is 15.0 Å². The fraction of sp³-hybridized carbons (Fsp3) is 0.800. The van der Waals surface area contributed by atoms with E-state index < -0.39 is 0 Å². The lowest BCUT2D eigenvalue weighted by molar-refractivity contribution is 0.160. The van der Waals surface area contributed by atoms with Crippen LogP contribution in [-0.4, -0.2) is 26.2 Å². The molecule has 0 amide bonds. The van der Waals surface area contributed by atoms with E-state index in [0.29, 0.717) is 6.42 Å². The molecule has 0 fully saturated rings. The zero-order valence-electron chi connectivity index (χ0n) is 8.98. The molecule has 80 valence electrons. The van der Waals surface area contributed by atoms with Crippen molar-refractivity contribution in [2.75, 3.05) is 0 Å². The lowest BCUT2D eigenvalue weighted by Gasteiger charge is -2.07. The van der Waals surface area contributed by atoms with Crippen molar-refractivity contribution >= 4 is 0 Å². The molecule has 0 aliphatic rings. The molecule has 1 rings (SSSR count). The van der Waals surface area contributed by atoms with Crippen LogP contribution in [0.2, 0.25) is 0 Å². The first-order valence-corrected chi connectivity index (χ1v) is 5.25. The average molecular weight is 197 g/mol. The van der Waals surface area contributed by atoms with Crippen molar-refractivity contribution in [2.45, 2.75) is 45.1 Å². The zero-order chi connectivity index (χ0) is 10.4. The van der Waals surface area contributed by atoms with Crippen LogP contribution in [0, 0.1) is 0 Å². The van der Waals surface area contributed by atoms with Gasteiger partial charge >= 0.3 is 0 Å². The number of aryl methyl sites for hydroxylation is 1. The minimum Gasteiger partial charge on any atom is -0.393 e. The number of aliphatic hydroxyl groups is 1. The lowest BCUT2D eigenvalue weighted by Crippen LogP contribution is -2.10. The molecular formula is C10H19N3O. The molecule has 0 radical (unpaired) electrons. The summed E-state index contributed by atoms with van der Waals surface area (Å²) >= 11 is 0. The molecule has 0 aliphatic heterocycles. The van der Waals surface area contributed by atoms with E-state index in [1.54, 1.807) is 4.68 Å². The quantitative estimate of drug-likeness (QED) is 0.699. The molecule has 0 spiro atoms. The molecule has 1 unspecified atom stereocenters. The molecular weight excluding hydrogens is 178 g/mol. The second kappa shape index (κ2) is 5.75. The third kappa shape index (κ3) is 3.87. The summed E-state index contributed by atoms with van der Waals surface area (Å²) in [4.78, 5) is 0. The topological polar surface area (TPSA) is 50.9 Å². The summed E-state index contributed by atoms with van der Waals surface area (Å²) in [6.45, 7) is 2.16. The number of aliphatic hydroxyl groups excluding tert-OH is 1. The number of rotatable bonds is 6. The molecule has 0 bridgehead atoms. The van der Waals surface area contributed by atoms with Gasteiger partial charge in [0.2, 0.25) is 0 Å². The Labute approximate surface area is 84.9 Å². The first-order valence-electron chi connectivity index (χ1n) is 5.25. The summed E-state index contributed by atoms with van der Waals surface area (Å²) in [6, 6.07) is 0. The highest BCUT2D eigenvalue weighted by Gasteiger charge is 2.07. The van der Waals surface area contributed by atoms with E-state index in [1.165, 1.54) is 12.8 Å². The maximum Gasteiger partial charge on any atom is 0.0852 e. The van der Waals surface area contributed by atoms with Gasteiger partial charge in [-0.3, -0.25) is 4.68 Å². The zero-order valence-corrected chi connectivity index (χ0v) is 8.98. The fourth-order valence-corrected chi connectivity index (χ4v) is 1.46. The smallest absolute Gasteiger partial charge is 0.0852 e. The van der Waals surface area contributed by atoms with E-state index in [0.717, 1.165) is 18.5 Å². The summed E-state index contributed by atoms with van der Waals surface area (Å²) in [7, 11) is 1.83. The van der Waals surface area contributed by atoms with Gasteiger partial charge in [0, 0.05) is 19.7 Å². The molecule has 4 nitrogen and oxygen atoms in total. The van der Waals surface area contributed by atoms with Crippen LogP contribution in [0.5, 0.6) is 0 Å². The minimum absolute atomic E-state index is 0.266. The van der Waals surface area contributed by atoms with E-state index in [4.69, 9.17) is 0 Å². The minimum atomic E-state index is -0.266. The average Bonchev–Trinajstić information content (AvgIpc) is 2.52. The summed E-state index contributed by atoms with van der Waals surface area (Å²) in [5.41, 5.74) is 0.872. The van der Waals surface area contributed by atoms with E-state index in [-0.39, 0.29) is 6.10 Å². The maximum atomic E-state index is 9.66. The number of hydrogen-bond donors (Lipinski definition) is 1. The van der Waals surface area contributed by atoms with Crippen LogP contribution in [0.3, 0.4) is 0 Å². The first-order chi connectivity index (χ1) is 6.72. The number of nitrogens with zero attached hydrogens (tertiary/aromatic N) is 3. The Morgan fingerprint density at radius 3 is 2.86 bits per heavy atom. The molecule has 1 aromatic heterocycles. The lowest BCUT2D eigenvalue weighted by atomic mass is 10.1. The Balaban J connectivity index is 2.23. The molecule has 0 aliphatic carbocycles. The predicted octanol–water partition coefficient (Wildman–Crippen LogP) is 1.30. The van der Waals surface area contributed by atoms with Crippen molar-refractivity contribution in [3.63, 3.8) is 0 Å². The van der Waals surface area contributed by atoms with E-state index in [2.05, 4.69) is 17.2 Å². The fourth-order valence-electron chi connectivity index (χ4n) is 1.46. The summed E-state index contributed by atoms with van der Waals surface area (Å²) in [5.74, 6) is 0. The van der Waals surface area contributed by atoms with Crippen molar-refractivity contribution in [3.8, 4) is 0 Å². The van der Waals surface area contributed by atoms with Gasteiger partial charge in [-0.1, -0.05) is 31.4 Å². The summed E-state index contributed by atoms with van der Waals surface area (Å²) in [6.07, 6.45) is 6.55. The van der Waals surface area contributed by atoms with Gasteiger partial charge < -0.3 is 5.11 Å². The van der Waals surface area contributed by atoms with E-state index >= 15 is 0 Å². The van der Waals surface area contributed by atoms with Gasteiger partial charge in [0.15, 0.2) is 0 Å². The van der Waals surface area contributed by atoms with Gasteiger partial charge in [-0.25, -0.2) is 0 Å². The third-order valence-electron chi connectivity index (χ3n) is 2.24. The van der Waals surface area contributed by atoms with Crippen LogP contribution < -0.4 is 0 Å². The SMILES string of the molecule is CCCCCC(O)Cc1cn(C)nn1. The highest BCUT2D eigenvalue weighted by Crippen LogP contribution is 2.07. The van der Waals surface area contributed by atoms with Crippen molar-refractivity contribution in [3.05, 3.63) is 11.9 Å². The Hall–Kier alpha value is -0.900. The van der Waals surface area contributed by atoms with E-state index in [1.807, 2.05) is 13.2 Å². The monoisotopic (exact) mass is 197 g/mol. The molecule has 0 aromatic carbocycles. The molecule has 14 heavy (non-hydrogen) atoms. The number of aromatic nitrogens is 3. The Morgan fingerprint density at radius 2 is 2.29 bits per heavy atom. The Bertz CT molecular complexity index is 260. The molecule has 1 aromatic rings. The van der Waals surface area contributed by atoms with Gasteiger partial charge in [-0.15, -0.1) is 5.10 Å². The first kappa shape index (κ1) is 11.2. The normalized spacial score (nSPS) is 13.1. The van der Waals surface area contributed by atoms with Crippen molar-refractivity contribution in [1.29, 1.82) is 0 Å².